The molecule has 0 aliphatic heterocycles. The number of ether oxygens (including phenoxy) is 1. The van der Waals surface area contributed by atoms with E-state index in [0.29, 0.717) is 19.0 Å². The molecule has 144 valence electrons. The summed E-state index contributed by atoms with van der Waals surface area (Å²) in [5.41, 5.74) is -0.762. The molecule has 0 aliphatic carbocycles. The second-order valence-electron chi connectivity index (χ2n) is 6.85. The zero-order valence-electron chi connectivity index (χ0n) is 15.4. The van der Waals surface area contributed by atoms with Crippen LogP contribution in [0.15, 0.2) is 18.2 Å². The van der Waals surface area contributed by atoms with Gasteiger partial charge in [-0.1, -0.05) is 0 Å². The van der Waals surface area contributed by atoms with Crippen LogP contribution in [0.1, 0.15) is 44.0 Å². The highest BCUT2D eigenvalue weighted by Crippen LogP contribution is 2.09. The van der Waals surface area contributed by atoms with E-state index in [1.807, 2.05) is 0 Å². The van der Waals surface area contributed by atoms with Crippen LogP contribution in [-0.2, 0) is 14.3 Å². The maximum absolute atomic E-state index is 13.1. The van der Waals surface area contributed by atoms with E-state index in [1.165, 1.54) is 11.9 Å². The number of carbonyl (C=O) groups excluding carboxylic acids is 3. The third-order valence-corrected chi connectivity index (χ3v) is 3.25. The topological polar surface area (TPSA) is 75.7 Å². The van der Waals surface area contributed by atoms with Crippen LogP contribution in [0.5, 0.6) is 0 Å². The minimum Gasteiger partial charge on any atom is -0.460 e. The minimum absolute atomic E-state index is 0.170. The molecule has 0 unspecified atom stereocenters. The van der Waals surface area contributed by atoms with Gasteiger partial charge in [0, 0.05) is 31.6 Å². The number of esters is 1. The summed E-state index contributed by atoms with van der Waals surface area (Å²) in [4.78, 5) is 36.8. The summed E-state index contributed by atoms with van der Waals surface area (Å²) in [6.45, 7) is 5.30. The number of hydrogen-bond donors (Lipinski definition) is 1. The first-order valence-corrected chi connectivity index (χ1v) is 8.18. The van der Waals surface area contributed by atoms with Gasteiger partial charge < -0.3 is 15.0 Å². The van der Waals surface area contributed by atoms with Crippen molar-refractivity contribution in [2.45, 2.75) is 39.2 Å². The first-order chi connectivity index (χ1) is 12.0. The van der Waals surface area contributed by atoms with Crippen LogP contribution in [0, 0.1) is 11.6 Å². The molecule has 0 saturated heterocycles. The summed E-state index contributed by atoms with van der Waals surface area (Å²) < 4.78 is 31.3. The Morgan fingerprint density at radius 1 is 1.12 bits per heavy atom. The molecular weight excluding hydrogens is 346 g/mol. The lowest BCUT2D eigenvalue weighted by atomic mass is 10.2. The Bertz CT molecular complexity index is 651. The second-order valence-corrected chi connectivity index (χ2v) is 6.85. The van der Waals surface area contributed by atoms with Gasteiger partial charge in [0.05, 0.1) is 6.54 Å². The fourth-order valence-electron chi connectivity index (χ4n) is 2.06. The van der Waals surface area contributed by atoms with E-state index in [9.17, 15) is 23.2 Å². The van der Waals surface area contributed by atoms with Gasteiger partial charge in [0.2, 0.25) is 5.91 Å². The maximum atomic E-state index is 13.1. The third kappa shape index (κ3) is 8.04. The van der Waals surface area contributed by atoms with Crippen LogP contribution in [0.4, 0.5) is 8.78 Å². The molecule has 0 heterocycles. The van der Waals surface area contributed by atoms with Crippen LogP contribution < -0.4 is 5.32 Å². The Morgan fingerprint density at radius 3 is 2.23 bits per heavy atom. The Labute approximate surface area is 151 Å². The lowest BCUT2D eigenvalue weighted by Crippen LogP contribution is -2.38. The molecule has 0 atom stereocenters. The van der Waals surface area contributed by atoms with Gasteiger partial charge in [-0.2, -0.15) is 0 Å². The molecule has 0 saturated carbocycles. The average Bonchev–Trinajstić information content (AvgIpc) is 2.49. The Balaban J connectivity index is 2.38. The number of amides is 2. The number of benzene rings is 1. The van der Waals surface area contributed by atoms with Gasteiger partial charge in [-0.25, -0.2) is 8.78 Å². The van der Waals surface area contributed by atoms with Gasteiger partial charge in [-0.05, 0) is 39.3 Å². The standard InChI is InChI=1S/C18H24F2N2O4/c1-18(2,3)26-16(24)6-5-7-22(4)15(23)11-21-17(25)12-8-13(19)10-14(20)9-12/h8-10H,5-7,11H2,1-4H3,(H,21,25). The third-order valence-electron chi connectivity index (χ3n) is 3.25. The van der Waals surface area contributed by atoms with Crippen molar-refractivity contribution in [2.75, 3.05) is 20.1 Å². The quantitative estimate of drug-likeness (QED) is 0.747. The molecule has 0 radical (unpaired) electrons. The number of rotatable bonds is 7. The summed E-state index contributed by atoms with van der Waals surface area (Å²) in [5, 5.41) is 2.31. The summed E-state index contributed by atoms with van der Waals surface area (Å²) in [6.07, 6.45) is 0.587. The van der Waals surface area contributed by atoms with Crippen LogP contribution in [0.25, 0.3) is 0 Å². The smallest absolute Gasteiger partial charge is 0.306 e. The molecule has 8 heteroatoms. The van der Waals surface area contributed by atoms with Crippen LogP contribution >= 0.6 is 0 Å². The summed E-state index contributed by atoms with van der Waals surface area (Å²) in [7, 11) is 1.53. The monoisotopic (exact) mass is 370 g/mol. The molecule has 0 fully saturated rings. The van der Waals surface area contributed by atoms with Crippen molar-refractivity contribution in [3.05, 3.63) is 35.4 Å². The molecule has 1 aromatic carbocycles. The Hall–Kier alpha value is -2.51. The lowest BCUT2D eigenvalue weighted by molar-refractivity contribution is -0.155. The van der Waals surface area contributed by atoms with Gasteiger partial charge in [-0.3, -0.25) is 14.4 Å². The largest absolute Gasteiger partial charge is 0.460 e. The Morgan fingerprint density at radius 2 is 1.69 bits per heavy atom. The van der Waals surface area contributed by atoms with E-state index in [2.05, 4.69) is 5.32 Å². The number of hydrogen-bond acceptors (Lipinski definition) is 4. The summed E-state index contributed by atoms with van der Waals surface area (Å²) in [5.74, 6) is -3.24. The highest BCUT2D eigenvalue weighted by molar-refractivity contribution is 5.96. The zero-order chi connectivity index (χ0) is 19.9. The number of nitrogens with zero attached hydrogens (tertiary/aromatic N) is 1. The summed E-state index contributed by atoms with van der Waals surface area (Å²) >= 11 is 0. The van der Waals surface area contributed by atoms with Crippen molar-refractivity contribution in [1.82, 2.24) is 10.2 Å². The van der Waals surface area contributed by atoms with Crippen LogP contribution in [0.2, 0.25) is 0 Å². The number of carbonyl (C=O) groups is 3. The van der Waals surface area contributed by atoms with Crippen molar-refractivity contribution < 1.29 is 27.9 Å². The predicted octanol–water partition coefficient (Wildman–Crippen LogP) is 2.27. The van der Waals surface area contributed by atoms with Crippen molar-refractivity contribution in [1.29, 1.82) is 0 Å². The SMILES string of the molecule is CN(CCCC(=O)OC(C)(C)C)C(=O)CNC(=O)c1cc(F)cc(F)c1. The van der Waals surface area contributed by atoms with Crippen LogP contribution in [0.3, 0.4) is 0 Å². The molecule has 0 aromatic heterocycles. The first-order valence-electron chi connectivity index (χ1n) is 8.18. The Kier molecular flexibility index (Phi) is 7.67. The van der Waals surface area contributed by atoms with E-state index in [1.54, 1.807) is 20.8 Å². The lowest BCUT2D eigenvalue weighted by Gasteiger charge is -2.20. The fraction of sp³-hybridized carbons (Fsp3) is 0.500. The molecule has 2 amide bonds. The van der Waals surface area contributed by atoms with E-state index in [-0.39, 0.29) is 30.4 Å². The molecule has 0 aliphatic rings. The van der Waals surface area contributed by atoms with Gasteiger partial charge >= 0.3 is 5.97 Å². The molecule has 0 bridgehead atoms. The number of likely N-dealkylation sites (N-methyl/N-ethyl adjacent to an activating group) is 1. The highest BCUT2D eigenvalue weighted by atomic mass is 19.1. The molecule has 0 spiro atoms. The highest BCUT2D eigenvalue weighted by Gasteiger charge is 2.17. The summed E-state index contributed by atoms with van der Waals surface area (Å²) in [6, 6.07) is 2.42. The minimum atomic E-state index is -0.874. The van der Waals surface area contributed by atoms with Crippen LogP contribution in [-0.4, -0.2) is 48.4 Å². The average molecular weight is 370 g/mol. The van der Waals surface area contributed by atoms with Gasteiger partial charge in [0.15, 0.2) is 0 Å². The first kappa shape index (κ1) is 21.5. The van der Waals surface area contributed by atoms with E-state index in [4.69, 9.17) is 4.74 Å². The predicted molar refractivity (Wildman–Crippen MR) is 91.4 cm³/mol. The van der Waals surface area contributed by atoms with Crippen molar-refractivity contribution in [2.24, 2.45) is 0 Å². The second kappa shape index (κ2) is 9.26. The molecule has 6 nitrogen and oxygen atoms in total. The van der Waals surface area contributed by atoms with Crippen molar-refractivity contribution in [3.8, 4) is 0 Å². The molecule has 1 rings (SSSR count). The molecule has 1 aromatic rings. The van der Waals surface area contributed by atoms with Crippen molar-refractivity contribution >= 4 is 17.8 Å². The molecule has 1 N–H and O–H groups in total. The fourth-order valence-corrected chi connectivity index (χ4v) is 2.06. The van der Waals surface area contributed by atoms with Gasteiger partial charge in [0.1, 0.15) is 17.2 Å². The zero-order valence-corrected chi connectivity index (χ0v) is 15.4. The van der Waals surface area contributed by atoms with Gasteiger partial charge in [0.25, 0.3) is 5.91 Å². The number of nitrogens with one attached hydrogen (secondary N) is 1. The maximum Gasteiger partial charge on any atom is 0.306 e. The normalized spacial score (nSPS) is 11.0. The van der Waals surface area contributed by atoms with Gasteiger partial charge in [-0.15, -0.1) is 0 Å². The van der Waals surface area contributed by atoms with E-state index >= 15 is 0 Å². The van der Waals surface area contributed by atoms with E-state index in [0.717, 1.165) is 12.1 Å². The molecule has 26 heavy (non-hydrogen) atoms. The number of halogens is 2. The molecular formula is C18H24F2N2O4. The van der Waals surface area contributed by atoms with Crippen molar-refractivity contribution in [3.63, 3.8) is 0 Å². The van der Waals surface area contributed by atoms with E-state index < -0.39 is 23.1 Å².